The molecule has 0 fully saturated rings. The Bertz CT molecular complexity index is 1670. The lowest BCUT2D eigenvalue weighted by atomic mass is 9.85. The molecule has 0 amide bonds. The van der Waals surface area contributed by atoms with Crippen molar-refractivity contribution in [2.75, 3.05) is 0 Å². The first-order chi connectivity index (χ1) is 20.0. The van der Waals surface area contributed by atoms with Crippen LogP contribution in [-0.4, -0.2) is 19.9 Å². The van der Waals surface area contributed by atoms with Crippen molar-refractivity contribution in [1.29, 1.82) is 0 Å². The van der Waals surface area contributed by atoms with E-state index in [4.69, 9.17) is 9.97 Å². The van der Waals surface area contributed by atoms with Crippen molar-refractivity contribution < 1.29 is 0 Å². The van der Waals surface area contributed by atoms with E-state index in [1.165, 1.54) is 96.0 Å². The first-order valence-electron chi connectivity index (χ1n) is 16.4. The van der Waals surface area contributed by atoms with E-state index in [2.05, 4.69) is 90.5 Å². The maximum absolute atomic E-state index is 5.40. The Hall–Kier alpha value is -3.14. The molecule has 0 radical (unpaired) electrons. The number of aromatic nitrogens is 4. The Morgan fingerprint density at radius 3 is 1.76 bits per heavy atom. The monoisotopic (exact) mass is 564 g/mol. The minimum absolute atomic E-state index is 0.0324. The van der Waals surface area contributed by atoms with Crippen LogP contribution in [0.2, 0.25) is 0 Å². The van der Waals surface area contributed by atoms with Crippen molar-refractivity contribution in [2.24, 2.45) is 0 Å². The fourth-order valence-electron chi connectivity index (χ4n) is 6.64. The minimum atomic E-state index is -0.0324. The quantitative estimate of drug-likeness (QED) is 0.254. The summed E-state index contributed by atoms with van der Waals surface area (Å²) in [5, 5.41) is 0. The summed E-state index contributed by atoms with van der Waals surface area (Å²) in [5.41, 5.74) is 18.3. The van der Waals surface area contributed by atoms with Crippen molar-refractivity contribution >= 4 is 33.2 Å². The predicted molar refractivity (Wildman–Crippen MR) is 181 cm³/mol. The molecule has 0 saturated heterocycles. The van der Waals surface area contributed by atoms with E-state index in [9.17, 15) is 0 Å². The van der Waals surface area contributed by atoms with Gasteiger partial charge >= 0.3 is 0 Å². The van der Waals surface area contributed by atoms with Crippen LogP contribution in [0.3, 0.4) is 0 Å². The summed E-state index contributed by atoms with van der Waals surface area (Å²) < 4.78 is 0. The molecule has 0 aliphatic carbocycles. The highest BCUT2D eigenvalue weighted by atomic mass is 14.8. The van der Waals surface area contributed by atoms with Crippen LogP contribution >= 0.6 is 0 Å². The summed E-state index contributed by atoms with van der Waals surface area (Å²) in [5.74, 6) is 0. The van der Waals surface area contributed by atoms with E-state index in [1.807, 2.05) is 0 Å². The van der Waals surface area contributed by atoms with Crippen LogP contribution in [-0.2, 0) is 18.3 Å². The second-order valence-electron chi connectivity index (χ2n) is 13.6. The number of unbranched alkanes of at least 4 members (excludes halogenated alkanes) is 7. The van der Waals surface area contributed by atoms with Gasteiger partial charge in [0, 0.05) is 45.3 Å². The van der Waals surface area contributed by atoms with Crippen LogP contribution in [0.4, 0.5) is 0 Å². The molecule has 0 aromatic carbocycles. The lowest BCUT2D eigenvalue weighted by molar-refractivity contribution is 0.540. The maximum Gasteiger partial charge on any atom is 0.0719 e. The highest BCUT2D eigenvalue weighted by Crippen LogP contribution is 2.38. The predicted octanol–water partition coefficient (Wildman–Crippen LogP) is 10.7. The second kappa shape index (κ2) is 12.2. The van der Waals surface area contributed by atoms with Gasteiger partial charge in [-0.2, -0.15) is 0 Å². The largest absolute Gasteiger partial charge is 0.355 e. The zero-order valence-corrected chi connectivity index (χ0v) is 27.7. The molecule has 4 heteroatoms. The third kappa shape index (κ3) is 5.87. The lowest BCUT2D eigenvalue weighted by Gasteiger charge is -2.17. The van der Waals surface area contributed by atoms with Gasteiger partial charge in [0.15, 0.2) is 0 Å². The summed E-state index contributed by atoms with van der Waals surface area (Å²) in [4.78, 5) is 18.2. The molecule has 5 heterocycles. The molecule has 5 rings (SSSR count). The van der Waals surface area contributed by atoms with Gasteiger partial charge in [-0.15, -0.1) is 0 Å². The fourth-order valence-corrected chi connectivity index (χ4v) is 6.64. The van der Waals surface area contributed by atoms with Crippen molar-refractivity contribution in [3.63, 3.8) is 0 Å². The second-order valence-corrected chi connectivity index (χ2v) is 13.6. The molecule has 224 valence electrons. The van der Waals surface area contributed by atoms with Gasteiger partial charge in [0.05, 0.1) is 11.4 Å². The molecule has 4 nitrogen and oxygen atoms in total. The van der Waals surface area contributed by atoms with Gasteiger partial charge in [-0.25, -0.2) is 4.98 Å². The Morgan fingerprint density at radius 2 is 1.17 bits per heavy atom. The Kier molecular flexibility index (Phi) is 8.83. The lowest BCUT2D eigenvalue weighted by Crippen LogP contribution is -2.15. The summed E-state index contributed by atoms with van der Waals surface area (Å²) >= 11 is 0. The van der Waals surface area contributed by atoms with E-state index in [0.717, 1.165) is 52.0 Å². The highest BCUT2D eigenvalue weighted by molar-refractivity contribution is 5.92. The maximum atomic E-state index is 5.40. The van der Waals surface area contributed by atoms with E-state index < -0.39 is 0 Å². The third-order valence-corrected chi connectivity index (χ3v) is 10.1. The number of H-pyrrole nitrogens is 2. The highest BCUT2D eigenvalue weighted by Gasteiger charge is 2.31. The number of aryl methyl sites for hydroxylation is 4. The summed E-state index contributed by atoms with van der Waals surface area (Å²) in [6.07, 6.45) is 12.6. The smallest absolute Gasteiger partial charge is 0.0719 e. The van der Waals surface area contributed by atoms with Crippen molar-refractivity contribution in [3.05, 3.63) is 68.8 Å². The number of aromatic amines is 2. The van der Waals surface area contributed by atoms with E-state index in [0.29, 0.717) is 0 Å². The molecule has 0 atom stereocenters. The zero-order valence-electron chi connectivity index (χ0n) is 27.7. The van der Waals surface area contributed by atoms with Crippen molar-refractivity contribution in [3.8, 4) is 0 Å². The number of fused-ring (bicyclic) bond motifs is 8. The molecule has 42 heavy (non-hydrogen) atoms. The summed E-state index contributed by atoms with van der Waals surface area (Å²) in [6, 6.07) is 6.83. The van der Waals surface area contributed by atoms with Gasteiger partial charge in [-0.3, -0.25) is 4.98 Å². The molecule has 8 bridgehead atoms. The first-order valence-corrected chi connectivity index (χ1v) is 16.4. The molecular formula is C38H52N4. The third-order valence-electron chi connectivity index (χ3n) is 10.1. The number of hydrogen-bond acceptors (Lipinski definition) is 2. The number of allylic oxidation sites excluding steroid dienone is 2. The van der Waals surface area contributed by atoms with Crippen LogP contribution in [0.15, 0.2) is 18.2 Å². The Balaban J connectivity index is 1.71. The van der Waals surface area contributed by atoms with E-state index in [-0.39, 0.29) is 5.41 Å². The van der Waals surface area contributed by atoms with E-state index in [1.54, 1.807) is 0 Å². The first kappa shape index (κ1) is 30.3. The molecule has 2 aliphatic heterocycles. The zero-order chi connectivity index (χ0) is 30.2. The van der Waals surface area contributed by atoms with Gasteiger partial charge in [-0.1, -0.05) is 65.7 Å². The molecule has 0 unspecified atom stereocenters. The Morgan fingerprint density at radius 1 is 0.643 bits per heavy atom. The average Bonchev–Trinajstić information content (AvgIpc) is 3.59. The number of nitrogens with zero attached hydrogens (tertiary/aromatic N) is 2. The van der Waals surface area contributed by atoms with Gasteiger partial charge in [-0.05, 0) is 112 Å². The summed E-state index contributed by atoms with van der Waals surface area (Å²) in [7, 11) is 0. The molecule has 0 saturated carbocycles. The molecular weight excluding hydrogens is 512 g/mol. The Labute approximate surface area is 253 Å². The molecule has 3 aromatic heterocycles. The van der Waals surface area contributed by atoms with Gasteiger partial charge in [0.1, 0.15) is 0 Å². The fraction of sp³-hybridized carbons (Fsp3) is 0.526. The van der Waals surface area contributed by atoms with Crippen LogP contribution < -0.4 is 0 Å². The SMILES string of the molecule is CCCCCCCCCCc1c2nc(cc3[nH]c(cc4[nH]c(cc5nc1C(C)=C5C)c(C)c4C)c(C)c3C)C(C)(C)C2. The standard InChI is InChI=1S/C38H52N4/c1-10-11-12-13-14-15-16-17-18-29-35-22-38(8,9)36(41-35)21-34-26(5)25(4)31(40-34)19-30-23(2)24(3)32(39-30)20-33-27(6)28(7)37(29)42-33/h19-21,39-40H,10-18,22H2,1-9H3. The number of nitrogens with one attached hydrogen (secondary N) is 2. The summed E-state index contributed by atoms with van der Waals surface area (Å²) in [6.45, 7) is 20.3. The van der Waals surface area contributed by atoms with Crippen LogP contribution in [0.1, 0.15) is 137 Å². The molecule has 3 aromatic rings. The number of hydrogen-bond donors (Lipinski definition) is 2. The number of rotatable bonds is 9. The molecule has 2 N–H and O–H groups in total. The van der Waals surface area contributed by atoms with Crippen LogP contribution in [0, 0.1) is 27.7 Å². The van der Waals surface area contributed by atoms with Gasteiger partial charge < -0.3 is 9.97 Å². The van der Waals surface area contributed by atoms with Crippen LogP contribution in [0.5, 0.6) is 0 Å². The van der Waals surface area contributed by atoms with Crippen LogP contribution in [0.25, 0.3) is 33.2 Å². The molecule has 2 aliphatic rings. The molecule has 0 spiro atoms. The van der Waals surface area contributed by atoms with Gasteiger partial charge in [0.25, 0.3) is 0 Å². The normalized spacial score (nSPS) is 14.7. The van der Waals surface area contributed by atoms with Crippen molar-refractivity contribution in [2.45, 2.75) is 132 Å². The van der Waals surface area contributed by atoms with Crippen molar-refractivity contribution in [1.82, 2.24) is 19.9 Å². The topological polar surface area (TPSA) is 57.4 Å². The average molecular weight is 565 g/mol. The van der Waals surface area contributed by atoms with E-state index >= 15 is 0 Å². The van der Waals surface area contributed by atoms with Gasteiger partial charge in [0.2, 0.25) is 0 Å². The minimum Gasteiger partial charge on any atom is -0.355 e.